The first-order valence-electron chi connectivity index (χ1n) is 7.03. The van der Waals surface area contributed by atoms with Crippen LogP contribution in [0.4, 0.5) is 0 Å². The maximum absolute atomic E-state index is 12.4. The first-order chi connectivity index (χ1) is 11.1. The molecule has 0 N–H and O–H groups in total. The minimum Gasteiger partial charge on any atom is -0.494 e. The van der Waals surface area contributed by atoms with Crippen molar-refractivity contribution >= 4 is 34.4 Å². The summed E-state index contributed by atoms with van der Waals surface area (Å²) in [4.78, 5) is 20.7. The Labute approximate surface area is 142 Å². The second kappa shape index (κ2) is 6.56. The Morgan fingerprint density at radius 3 is 2.70 bits per heavy atom. The highest BCUT2D eigenvalue weighted by Crippen LogP contribution is 2.21. The fourth-order valence-electron chi connectivity index (χ4n) is 2.31. The van der Waals surface area contributed by atoms with Gasteiger partial charge in [0.1, 0.15) is 16.4 Å². The summed E-state index contributed by atoms with van der Waals surface area (Å²) in [5.74, 6) is 0.713. The molecule has 0 aliphatic rings. The molecule has 0 saturated carbocycles. The van der Waals surface area contributed by atoms with Crippen molar-refractivity contribution in [2.24, 2.45) is 0 Å². The fraction of sp³-hybridized carbons (Fsp3) is 0.188. The van der Waals surface area contributed by atoms with Crippen LogP contribution in [0.5, 0.6) is 5.75 Å². The number of halogens is 2. The molecule has 7 heteroatoms. The predicted octanol–water partition coefficient (Wildman–Crippen LogP) is 3.55. The molecule has 118 valence electrons. The Balaban J connectivity index is 2.18. The summed E-state index contributed by atoms with van der Waals surface area (Å²) in [5, 5.41) is 0.184. The molecule has 0 spiro atoms. The third-order valence-electron chi connectivity index (χ3n) is 3.32. The smallest absolute Gasteiger partial charge is 0.290 e. The minimum atomic E-state index is -0.416. The van der Waals surface area contributed by atoms with Crippen molar-refractivity contribution in [3.63, 3.8) is 0 Å². The highest BCUT2D eigenvalue weighted by atomic mass is 35.5. The number of para-hydroxylation sites is 1. The molecule has 0 atom stereocenters. The molecule has 0 unspecified atom stereocenters. The van der Waals surface area contributed by atoms with Crippen molar-refractivity contribution in [3.8, 4) is 5.75 Å². The van der Waals surface area contributed by atoms with Crippen molar-refractivity contribution < 1.29 is 4.74 Å². The van der Waals surface area contributed by atoms with E-state index in [1.807, 2.05) is 31.2 Å². The van der Waals surface area contributed by atoms with Crippen molar-refractivity contribution in [2.45, 2.75) is 13.5 Å². The number of fused-ring (bicyclic) bond motifs is 1. The summed E-state index contributed by atoms with van der Waals surface area (Å²) in [6, 6.07) is 10.8. The van der Waals surface area contributed by atoms with Crippen LogP contribution in [0.2, 0.25) is 10.3 Å². The van der Waals surface area contributed by atoms with E-state index in [4.69, 9.17) is 27.9 Å². The normalized spacial score (nSPS) is 10.9. The zero-order valence-electron chi connectivity index (χ0n) is 12.3. The van der Waals surface area contributed by atoms with Gasteiger partial charge in [0.05, 0.1) is 13.2 Å². The molecule has 1 aromatic carbocycles. The number of nitrogens with zero attached hydrogens (tertiary/aromatic N) is 3. The standard InChI is InChI=1S/C16H13Cl2N3O2/c1-2-23-12-6-4-3-5-10(12)9-21-15-11(7-8-13(17)20-15)19-14(18)16(21)22/h3-8H,2,9H2,1H3. The molecule has 23 heavy (non-hydrogen) atoms. The van der Waals surface area contributed by atoms with E-state index >= 15 is 0 Å². The quantitative estimate of drug-likeness (QED) is 0.676. The van der Waals surface area contributed by atoms with Gasteiger partial charge in [-0.1, -0.05) is 41.4 Å². The van der Waals surface area contributed by atoms with Crippen LogP contribution in [0.1, 0.15) is 12.5 Å². The predicted molar refractivity (Wildman–Crippen MR) is 90.5 cm³/mol. The van der Waals surface area contributed by atoms with Gasteiger partial charge in [-0.3, -0.25) is 9.36 Å². The Morgan fingerprint density at radius 1 is 1.13 bits per heavy atom. The molecule has 0 bridgehead atoms. The molecule has 2 aromatic heterocycles. The van der Waals surface area contributed by atoms with E-state index in [0.717, 1.165) is 5.56 Å². The van der Waals surface area contributed by atoms with Crippen LogP contribution in [0, 0.1) is 0 Å². The Bertz CT molecular complexity index is 925. The van der Waals surface area contributed by atoms with Gasteiger partial charge in [0, 0.05) is 5.56 Å². The summed E-state index contributed by atoms with van der Waals surface area (Å²) in [7, 11) is 0. The minimum absolute atomic E-state index is 0.101. The number of rotatable bonds is 4. The Hall–Kier alpha value is -2.11. The van der Waals surface area contributed by atoms with Crippen LogP contribution in [-0.2, 0) is 6.54 Å². The van der Waals surface area contributed by atoms with Crippen molar-refractivity contribution in [1.82, 2.24) is 14.5 Å². The van der Waals surface area contributed by atoms with Gasteiger partial charge >= 0.3 is 0 Å². The topological polar surface area (TPSA) is 57.0 Å². The Morgan fingerprint density at radius 2 is 1.91 bits per heavy atom. The van der Waals surface area contributed by atoms with E-state index in [9.17, 15) is 4.79 Å². The van der Waals surface area contributed by atoms with E-state index in [0.29, 0.717) is 23.5 Å². The van der Waals surface area contributed by atoms with Crippen molar-refractivity contribution in [1.29, 1.82) is 0 Å². The lowest BCUT2D eigenvalue weighted by atomic mass is 10.2. The maximum atomic E-state index is 12.4. The van der Waals surface area contributed by atoms with Gasteiger partial charge in [-0.05, 0) is 25.1 Å². The maximum Gasteiger partial charge on any atom is 0.290 e. The average molecular weight is 350 g/mol. The summed E-state index contributed by atoms with van der Waals surface area (Å²) in [6.45, 7) is 2.71. The fourth-order valence-corrected chi connectivity index (χ4v) is 2.65. The van der Waals surface area contributed by atoms with Gasteiger partial charge in [0.15, 0.2) is 10.8 Å². The average Bonchev–Trinajstić information content (AvgIpc) is 2.54. The molecule has 3 aromatic rings. The van der Waals surface area contributed by atoms with Gasteiger partial charge in [-0.15, -0.1) is 0 Å². The summed E-state index contributed by atoms with van der Waals surface area (Å²) in [5.41, 5.74) is 1.33. The first kappa shape index (κ1) is 15.8. The summed E-state index contributed by atoms with van der Waals surface area (Å²) in [6.07, 6.45) is 0. The second-order valence-electron chi connectivity index (χ2n) is 4.81. The Kier molecular flexibility index (Phi) is 4.50. The van der Waals surface area contributed by atoms with E-state index in [2.05, 4.69) is 9.97 Å². The third-order valence-corrected chi connectivity index (χ3v) is 3.77. The lowest BCUT2D eigenvalue weighted by Crippen LogP contribution is -2.24. The van der Waals surface area contributed by atoms with E-state index in [-0.39, 0.29) is 16.9 Å². The lowest BCUT2D eigenvalue weighted by molar-refractivity contribution is 0.336. The van der Waals surface area contributed by atoms with Crippen LogP contribution in [0.15, 0.2) is 41.2 Å². The monoisotopic (exact) mass is 349 g/mol. The third kappa shape index (κ3) is 3.16. The van der Waals surface area contributed by atoms with E-state index < -0.39 is 5.56 Å². The molecule has 5 nitrogen and oxygen atoms in total. The highest BCUT2D eigenvalue weighted by Gasteiger charge is 2.13. The van der Waals surface area contributed by atoms with Crippen LogP contribution < -0.4 is 10.3 Å². The van der Waals surface area contributed by atoms with Gasteiger partial charge in [0.25, 0.3) is 5.56 Å². The van der Waals surface area contributed by atoms with E-state index in [1.54, 1.807) is 12.1 Å². The van der Waals surface area contributed by atoms with Crippen molar-refractivity contribution in [2.75, 3.05) is 6.61 Å². The zero-order valence-corrected chi connectivity index (χ0v) is 13.8. The second-order valence-corrected chi connectivity index (χ2v) is 5.56. The summed E-state index contributed by atoms with van der Waals surface area (Å²) >= 11 is 11.9. The van der Waals surface area contributed by atoms with Gasteiger partial charge in [0.2, 0.25) is 0 Å². The molecular weight excluding hydrogens is 337 g/mol. The van der Waals surface area contributed by atoms with Gasteiger partial charge < -0.3 is 4.74 Å². The molecule has 2 heterocycles. The molecule has 0 saturated heterocycles. The first-order valence-corrected chi connectivity index (χ1v) is 7.79. The van der Waals surface area contributed by atoms with Crippen LogP contribution in [0.25, 0.3) is 11.2 Å². The van der Waals surface area contributed by atoms with Gasteiger partial charge in [-0.2, -0.15) is 0 Å². The number of benzene rings is 1. The number of hydrogen-bond donors (Lipinski definition) is 0. The van der Waals surface area contributed by atoms with E-state index in [1.165, 1.54) is 4.57 Å². The molecular formula is C16H13Cl2N3O2. The number of aromatic nitrogens is 3. The molecule has 0 aliphatic carbocycles. The molecule has 0 fully saturated rings. The molecule has 0 amide bonds. The van der Waals surface area contributed by atoms with Crippen LogP contribution >= 0.6 is 23.2 Å². The van der Waals surface area contributed by atoms with Crippen LogP contribution in [-0.4, -0.2) is 21.1 Å². The largest absolute Gasteiger partial charge is 0.494 e. The molecule has 3 rings (SSSR count). The highest BCUT2D eigenvalue weighted by molar-refractivity contribution is 6.30. The number of pyridine rings is 1. The van der Waals surface area contributed by atoms with Crippen LogP contribution in [0.3, 0.4) is 0 Å². The number of hydrogen-bond acceptors (Lipinski definition) is 4. The lowest BCUT2D eigenvalue weighted by Gasteiger charge is -2.13. The molecule has 0 aliphatic heterocycles. The summed E-state index contributed by atoms with van der Waals surface area (Å²) < 4.78 is 7.06. The van der Waals surface area contributed by atoms with Gasteiger partial charge in [-0.25, -0.2) is 9.97 Å². The number of ether oxygens (including phenoxy) is 1. The van der Waals surface area contributed by atoms with Crippen molar-refractivity contribution in [3.05, 3.63) is 62.6 Å². The molecule has 0 radical (unpaired) electrons. The SMILES string of the molecule is CCOc1ccccc1Cn1c(=O)c(Cl)nc2ccc(Cl)nc21. The zero-order chi connectivity index (χ0) is 16.4.